The van der Waals surface area contributed by atoms with Gasteiger partial charge in [0.2, 0.25) is 0 Å². The standard InChI is InChI=1S/C23H31F3N2O3S2/c1-32-21-18(20(27)29)10-16(19(28-21)23(24,25)26)12-22(11-14-2-3-14)8-6-17(7-9-22)33(30,31)13-15-4-5-15/h10,14-15,17H,2-9,11-13H2,1H3,(H2,27,29). The normalized spacial score (nSPS) is 26.4. The summed E-state index contributed by atoms with van der Waals surface area (Å²) in [7, 11) is -3.17. The number of nitrogens with two attached hydrogens (primary N) is 1. The summed E-state index contributed by atoms with van der Waals surface area (Å²) in [5.41, 5.74) is 4.07. The van der Waals surface area contributed by atoms with E-state index in [4.69, 9.17) is 5.73 Å². The summed E-state index contributed by atoms with van der Waals surface area (Å²) in [5.74, 6) is 0.213. The molecule has 0 spiro atoms. The van der Waals surface area contributed by atoms with Crippen molar-refractivity contribution >= 4 is 27.5 Å². The highest BCUT2D eigenvalue weighted by atomic mass is 32.2. The summed E-state index contributed by atoms with van der Waals surface area (Å²) < 4.78 is 67.4. The fraction of sp³-hybridized carbons (Fsp3) is 0.739. The minimum atomic E-state index is -4.65. The highest BCUT2D eigenvalue weighted by Gasteiger charge is 2.46. The van der Waals surface area contributed by atoms with Gasteiger partial charge in [-0.2, -0.15) is 13.2 Å². The maximum absolute atomic E-state index is 13.9. The number of amides is 1. The van der Waals surface area contributed by atoms with Gasteiger partial charge in [-0.3, -0.25) is 4.79 Å². The SMILES string of the molecule is CSc1nc(C(F)(F)F)c(CC2(CC3CC3)CCC(S(=O)(=O)CC3CC3)CC2)cc1C(N)=O. The number of aromatic nitrogens is 1. The van der Waals surface area contributed by atoms with Crippen molar-refractivity contribution in [2.45, 2.75) is 80.7 Å². The third-order valence-electron chi connectivity index (χ3n) is 7.44. The molecule has 2 N–H and O–H groups in total. The molecular weight excluding hydrogens is 473 g/mol. The van der Waals surface area contributed by atoms with E-state index < -0.39 is 38.3 Å². The van der Waals surface area contributed by atoms with Crippen LogP contribution in [-0.2, 0) is 22.4 Å². The fourth-order valence-corrected chi connectivity index (χ4v) is 8.13. The number of hydrogen-bond donors (Lipinski definition) is 1. The molecule has 3 saturated carbocycles. The first kappa shape index (κ1) is 24.8. The molecule has 3 aliphatic carbocycles. The monoisotopic (exact) mass is 504 g/mol. The number of halogens is 3. The van der Waals surface area contributed by atoms with Crippen molar-refractivity contribution in [3.05, 3.63) is 22.9 Å². The Morgan fingerprint density at radius 3 is 2.24 bits per heavy atom. The molecule has 0 saturated heterocycles. The molecule has 1 heterocycles. The van der Waals surface area contributed by atoms with E-state index in [1.54, 1.807) is 6.26 Å². The van der Waals surface area contributed by atoms with Crippen LogP contribution >= 0.6 is 11.8 Å². The topological polar surface area (TPSA) is 90.1 Å². The van der Waals surface area contributed by atoms with Crippen molar-refractivity contribution in [1.82, 2.24) is 4.98 Å². The molecule has 0 radical (unpaired) electrons. The van der Waals surface area contributed by atoms with E-state index in [0.717, 1.165) is 43.9 Å². The third kappa shape index (κ3) is 5.86. The number of alkyl halides is 3. The molecule has 0 bridgehead atoms. The number of hydrogen-bond acceptors (Lipinski definition) is 5. The van der Waals surface area contributed by atoms with Crippen molar-refractivity contribution in [1.29, 1.82) is 0 Å². The first-order chi connectivity index (χ1) is 15.4. The molecule has 1 aromatic heterocycles. The predicted octanol–water partition coefficient (Wildman–Crippen LogP) is 5.02. The number of pyridine rings is 1. The van der Waals surface area contributed by atoms with Crippen LogP contribution < -0.4 is 5.73 Å². The zero-order chi connectivity index (χ0) is 24.0. The van der Waals surface area contributed by atoms with Crippen LogP contribution in [0.2, 0.25) is 0 Å². The first-order valence-corrected chi connectivity index (χ1v) is 14.5. The summed E-state index contributed by atoms with van der Waals surface area (Å²) >= 11 is 0.963. The summed E-state index contributed by atoms with van der Waals surface area (Å²) in [6, 6.07) is 1.27. The van der Waals surface area contributed by atoms with Gasteiger partial charge < -0.3 is 5.73 Å². The maximum atomic E-state index is 13.9. The molecule has 5 nitrogen and oxygen atoms in total. The fourth-order valence-electron chi connectivity index (χ4n) is 5.35. The number of carbonyl (C=O) groups is 1. The van der Waals surface area contributed by atoms with Crippen molar-refractivity contribution < 1.29 is 26.4 Å². The molecule has 0 atom stereocenters. The molecule has 1 aromatic rings. The molecule has 0 aliphatic heterocycles. The Morgan fingerprint density at radius 2 is 1.76 bits per heavy atom. The zero-order valence-corrected chi connectivity index (χ0v) is 20.4. The number of sulfone groups is 1. The molecule has 3 fully saturated rings. The third-order valence-corrected chi connectivity index (χ3v) is 10.6. The van der Waals surface area contributed by atoms with E-state index in [1.807, 2.05) is 0 Å². The lowest BCUT2D eigenvalue weighted by atomic mass is 9.67. The summed E-state index contributed by atoms with van der Waals surface area (Å²) in [4.78, 5) is 15.7. The minimum absolute atomic E-state index is 0.00552. The van der Waals surface area contributed by atoms with Crippen LogP contribution in [0.5, 0.6) is 0 Å². The predicted molar refractivity (Wildman–Crippen MR) is 122 cm³/mol. The van der Waals surface area contributed by atoms with Crippen molar-refractivity contribution in [3.8, 4) is 0 Å². The van der Waals surface area contributed by atoms with Crippen LogP contribution in [-0.4, -0.2) is 36.6 Å². The van der Waals surface area contributed by atoms with Gasteiger partial charge in [-0.1, -0.05) is 12.8 Å². The molecule has 3 aliphatic rings. The van der Waals surface area contributed by atoms with Gasteiger partial charge in [0.15, 0.2) is 9.84 Å². The van der Waals surface area contributed by atoms with E-state index in [9.17, 15) is 26.4 Å². The Balaban J connectivity index is 1.62. The Kier molecular flexibility index (Phi) is 6.81. The maximum Gasteiger partial charge on any atom is 0.433 e. The van der Waals surface area contributed by atoms with Gasteiger partial charge in [0.1, 0.15) is 10.7 Å². The van der Waals surface area contributed by atoms with E-state index in [2.05, 4.69) is 4.98 Å². The van der Waals surface area contributed by atoms with Gasteiger partial charge in [0.05, 0.1) is 16.6 Å². The minimum Gasteiger partial charge on any atom is -0.366 e. The van der Waals surface area contributed by atoms with Crippen LogP contribution in [0.4, 0.5) is 13.2 Å². The van der Waals surface area contributed by atoms with E-state index in [1.165, 1.54) is 6.07 Å². The summed E-state index contributed by atoms with van der Waals surface area (Å²) in [6.45, 7) is 0. The largest absolute Gasteiger partial charge is 0.433 e. The van der Waals surface area contributed by atoms with Gasteiger partial charge in [-0.25, -0.2) is 13.4 Å². The van der Waals surface area contributed by atoms with Crippen LogP contribution in [0.25, 0.3) is 0 Å². The molecule has 33 heavy (non-hydrogen) atoms. The van der Waals surface area contributed by atoms with Crippen LogP contribution in [0.15, 0.2) is 11.1 Å². The van der Waals surface area contributed by atoms with Crippen LogP contribution in [0.1, 0.15) is 79.4 Å². The molecule has 10 heteroatoms. The number of primary amides is 1. The van der Waals surface area contributed by atoms with Crippen molar-refractivity contribution in [2.75, 3.05) is 12.0 Å². The molecular formula is C23H31F3N2O3S2. The van der Waals surface area contributed by atoms with Crippen LogP contribution in [0, 0.1) is 17.3 Å². The lowest BCUT2D eigenvalue weighted by Gasteiger charge is -2.41. The van der Waals surface area contributed by atoms with Crippen LogP contribution in [0.3, 0.4) is 0 Å². The average Bonchev–Trinajstić information content (AvgIpc) is 3.65. The summed E-state index contributed by atoms with van der Waals surface area (Å²) in [5, 5.41) is -0.421. The molecule has 4 rings (SSSR count). The molecule has 1 amide bonds. The highest BCUT2D eigenvalue weighted by Crippen LogP contribution is 2.51. The van der Waals surface area contributed by atoms with Gasteiger partial charge in [-0.05, 0) is 86.5 Å². The lowest BCUT2D eigenvalue weighted by molar-refractivity contribution is -0.142. The Labute approximate surface area is 197 Å². The number of carbonyl (C=O) groups excluding carboxylic acids is 1. The van der Waals surface area contributed by atoms with Gasteiger partial charge in [-0.15, -0.1) is 11.8 Å². The smallest absolute Gasteiger partial charge is 0.366 e. The Bertz CT molecular complexity index is 1010. The van der Waals surface area contributed by atoms with Gasteiger partial charge in [0.25, 0.3) is 5.91 Å². The highest BCUT2D eigenvalue weighted by molar-refractivity contribution is 7.98. The first-order valence-electron chi connectivity index (χ1n) is 11.6. The molecule has 0 unspecified atom stereocenters. The van der Waals surface area contributed by atoms with E-state index in [-0.39, 0.29) is 34.2 Å². The van der Waals surface area contributed by atoms with Crippen molar-refractivity contribution in [2.24, 2.45) is 23.0 Å². The molecule has 184 valence electrons. The zero-order valence-electron chi connectivity index (χ0n) is 18.8. The Morgan fingerprint density at radius 1 is 1.15 bits per heavy atom. The second-order valence-electron chi connectivity index (χ2n) is 10.2. The molecule has 0 aromatic carbocycles. The number of thioether (sulfide) groups is 1. The number of rotatable bonds is 9. The number of nitrogens with zero attached hydrogens (tertiary/aromatic N) is 1. The van der Waals surface area contributed by atoms with Gasteiger partial charge >= 0.3 is 6.18 Å². The Hall–Kier alpha value is -1.29. The van der Waals surface area contributed by atoms with Crippen molar-refractivity contribution in [3.63, 3.8) is 0 Å². The second kappa shape index (κ2) is 9.06. The van der Waals surface area contributed by atoms with Gasteiger partial charge in [0, 0.05) is 0 Å². The summed E-state index contributed by atoms with van der Waals surface area (Å²) in [6.07, 6.45) is 4.03. The second-order valence-corrected chi connectivity index (χ2v) is 13.3. The van der Waals surface area contributed by atoms with E-state index >= 15 is 0 Å². The quantitative estimate of drug-likeness (QED) is 0.477. The van der Waals surface area contributed by atoms with E-state index in [0.29, 0.717) is 31.6 Å². The average molecular weight is 505 g/mol. The lowest BCUT2D eigenvalue weighted by Crippen LogP contribution is -2.37.